The van der Waals surface area contributed by atoms with E-state index < -0.39 is 113 Å². The molecule has 0 bridgehead atoms. The molecule has 0 radical (unpaired) electrons. The van der Waals surface area contributed by atoms with Crippen molar-refractivity contribution in [1.82, 2.24) is 10.6 Å². The number of carbonyl (C=O) groups excluding carboxylic acids is 5. The highest BCUT2D eigenvalue weighted by Crippen LogP contribution is 2.52. The summed E-state index contributed by atoms with van der Waals surface area (Å²) >= 11 is 0. The van der Waals surface area contributed by atoms with Crippen LogP contribution in [0.25, 0.3) is 0 Å². The Morgan fingerprint density at radius 1 is 1.06 bits per heavy atom. The molecule has 15 heteroatoms. The number of rotatable bonds is 10. The molecule has 2 aromatic carbocycles. The Morgan fingerprint density at radius 3 is 2.35 bits per heavy atom. The van der Waals surface area contributed by atoms with Crippen LogP contribution in [0.2, 0.25) is 0 Å². The van der Waals surface area contributed by atoms with Gasteiger partial charge in [-0.15, -0.1) is 0 Å². The van der Waals surface area contributed by atoms with Gasteiger partial charge in [0.25, 0.3) is 0 Å². The SMILES string of the molecule is COc1cccc2c1C(=O)c1c(O)c3c(c(O)c1C2=O)CC(O)(C(C)=O)CC3OC1CC(NC(=O)C(C)NC(=O)C(N)CC(C)C)C(O)C(C)O1. The Morgan fingerprint density at radius 2 is 1.73 bits per heavy atom. The molecule has 2 amide bonds. The summed E-state index contributed by atoms with van der Waals surface area (Å²) < 4.78 is 17.5. The number of benzene rings is 2. The van der Waals surface area contributed by atoms with Gasteiger partial charge in [0.15, 0.2) is 17.9 Å². The van der Waals surface area contributed by atoms with Gasteiger partial charge in [0.05, 0.1) is 48.1 Å². The second-order valence-electron chi connectivity index (χ2n) is 14.1. The third-order valence-electron chi connectivity index (χ3n) is 9.90. The van der Waals surface area contributed by atoms with Crippen LogP contribution >= 0.6 is 0 Å². The van der Waals surface area contributed by atoms with Gasteiger partial charge in [-0.2, -0.15) is 0 Å². The van der Waals surface area contributed by atoms with Crippen LogP contribution in [0.5, 0.6) is 17.2 Å². The molecule has 0 aromatic heterocycles. The molecular formula is C36H45N3O12. The highest BCUT2D eigenvalue weighted by molar-refractivity contribution is 6.31. The average Bonchev–Trinajstić information content (AvgIpc) is 3.06. The summed E-state index contributed by atoms with van der Waals surface area (Å²) in [6.07, 6.45) is -5.41. The Bertz CT molecular complexity index is 1780. The molecule has 8 unspecified atom stereocenters. The molecule has 51 heavy (non-hydrogen) atoms. The molecule has 0 saturated carbocycles. The van der Waals surface area contributed by atoms with Crippen LogP contribution < -0.4 is 21.1 Å². The van der Waals surface area contributed by atoms with E-state index in [1.165, 1.54) is 39.2 Å². The minimum Gasteiger partial charge on any atom is -0.507 e. The number of nitrogens with one attached hydrogen (secondary N) is 2. The summed E-state index contributed by atoms with van der Waals surface area (Å²) in [5.41, 5.74) is 2.40. The molecule has 2 aliphatic carbocycles. The number of phenolic OH excluding ortho intramolecular Hbond substituents is 2. The van der Waals surface area contributed by atoms with Crippen LogP contribution in [0.15, 0.2) is 18.2 Å². The van der Waals surface area contributed by atoms with Crippen molar-refractivity contribution in [3.8, 4) is 17.2 Å². The number of aliphatic hydroxyl groups is 2. The molecule has 0 spiro atoms. The maximum atomic E-state index is 13.9. The van der Waals surface area contributed by atoms with E-state index in [-0.39, 0.29) is 40.3 Å². The quantitative estimate of drug-likeness (QED) is 0.146. The molecule has 276 valence electrons. The topological polar surface area (TPSA) is 244 Å². The number of methoxy groups -OCH3 is 1. The van der Waals surface area contributed by atoms with E-state index in [1.54, 1.807) is 0 Å². The van der Waals surface area contributed by atoms with Crippen molar-refractivity contribution in [1.29, 1.82) is 0 Å². The molecule has 5 rings (SSSR count). The average molecular weight is 712 g/mol. The molecule has 1 aliphatic heterocycles. The lowest BCUT2D eigenvalue weighted by molar-refractivity contribution is -0.249. The zero-order valence-electron chi connectivity index (χ0n) is 29.3. The molecule has 1 saturated heterocycles. The molecule has 8 N–H and O–H groups in total. The fraction of sp³-hybridized carbons (Fsp3) is 0.528. The Hall–Kier alpha value is -4.41. The Labute approximate surface area is 294 Å². The highest BCUT2D eigenvalue weighted by Gasteiger charge is 2.49. The summed E-state index contributed by atoms with van der Waals surface area (Å²) in [5, 5.41) is 50.9. The van der Waals surface area contributed by atoms with Crippen LogP contribution in [-0.4, -0.2) is 98.9 Å². The van der Waals surface area contributed by atoms with E-state index in [4.69, 9.17) is 19.9 Å². The van der Waals surface area contributed by atoms with Crippen LogP contribution in [0.4, 0.5) is 0 Å². The number of fused-ring (bicyclic) bond motifs is 3. The zero-order chi connectivity index (χ0) is 37.7. The van der Waals surface area contributed by atoms with Gasteiger partial charge in [-0.3, -0.25) is 24.0 Å². The lowest BCUT2D eigenvalue weighted by atomic mass is 9.72. The third kappa shape index (κ3) is 6.96. The number of Topliss-reactive ketones (excluding diaryl/α,β-unsaturated/α-hetero) is 1. The van der Waals surface area contributed by atoms with Crippen molar-refractivity contribution in [3.05, 3.63) is 51.6 Å². The number of amides is 2. The van der Waals surface area contributed by atoms with E-state index >= 15 is 0 Å². The standard InChI is InChI=1S/C36H45N3O12/c1-14(2)10-20(37)35(47)38-15(3)34(46)39-21-11-24(50-16(4)29(21)41)51-23-13-36(48,17(5)40)12-19-26(23)33(45)28-27(31(19)43)30(42)18-8-7-9-22(49-6)25(18)32(28)44/h7-9,14-16,20-21,23-24,29,41,43,45,48H,10-13,37H2,1-6H3,(H,38,47)(H,39,46). The maximum Gasteiger partial charge on any atom is 0.242 e. The highest BCUT2D eigenvalue weighted by atomic mass is 16.7. The van der Waals surface area contributed by atoms with Gasteiger partial charge in [0.2, 0.25) is 17.6 Å². The van der Waals surface area contributed by atoms with Gasteiger partial charge in [0.1, 0.15) is 35.0 Å². The van der Waals surface area contributed by atoms with E-state index in [1.807, 2.05) is 13.8 Å². The predicted octanol–water partition coefficient (Wildman–Crippen LogP) is 1.06. The van der Waals surface area contributed by atoms with Gasteiger partial charge in [-0.05, 0) is 39.2 Å². The first-order valence-corrected chi connectivity index (χ1v) is 16.9. The number of hydrogen-bond donors (Lipinski definition) is 7. The molecule has 3 aliphatic rings. The Kier molecular flexibility index (Phi) is 10.6. The summed E-state index contributed by atoms with van der Waals surface area (Å²) in [4.78, 5) is 66.0. The summed E-state index contributed by atoms with van der Waals surface area (Å²) in [5.74, 6) is -4.50. The van der Waals surface area contributed by atoms with Crippen LogP contribution in [0, 0.1) is 5.92 Å². The smallest absolute Gasteiger partial charge is 0.242 e. The minimum atomic E-state index is -2.11. The Balaban J connectivity index is 1.46. The van der Waals surface area contributed by atoms with Crippen molar-refractivity contribution in [2.75, 3.05) is 7.11 Å². The molecule has 1 heterocycles. The van der Waals surface area contributed by atoms with E-state index in [0.717, 1.165) is 6.92 Å². The van der Waals surface area contributed by atoms with E-state index in [9.17, 15) is 44.4 Å². The predicted molar refractivity (Wildman–Crippen MR) is 179 cm³/mol. The molecule has 15 nitrogen and oxygen atoms in total. The number of ether oxygens (including phenoxy) is 3. The first-order valence-electron chi connectivity index (χ1n) is 16.9. The third-order valence-corrected chi connectivity index (χ3v) is 9.90. The van der Waals surface area contributed by atoms with Gasteiger partial charge in [-0.1, -0.05) is 26.0 Å². The van der Waals surface area contributed by atoms with E-state index in [2.05, 4.69) is 10.6 Å². The van der Waals surface area contributed by atoms with E-state index in [0.29, 0.717) is 6.42 Å². The monoisotopic (exact) mass is 711 g/mol. The number of nitrogens with two attached hydrogens (primary N) is 1. The van der Waals surface area contributed by atoms with Crippen molar-refractivity contribution in [2.45, 2.75) is 109 Å². The second-order valence-corrected chi connectivity index (χ2v) is 14.1. The van der Waals surface area contributed by atoms with Crippen molar-refractivity contribution in [3.63, 3.8) is 0 Å². The largest absolute Gasteiger partial charge is 0.507 e. The number of phenols is 2. The summed E-state index contributed by atoms with van der Waals surface area (Å²) in [7, 11) is 1.32. The summed E-state index contributed by atoms with van der Waals surface area (Å²) in [6, 6.07) is 1.58. The van der Waals surface area contributed by atoms with Crippen LogP contribution in [0.1, 0.15) is 103 Å². The van der Waals surface area contributed by atoms with Crippen molar-refractivity contribution >= 4 is 29.2 Å². The fourth-order valence-corrected chi connectivity index (χ4v) is 7.08. The molecule has 2 aromatic rings. The zero-order valence-corrected chi connectivity index (χ0v) is 29.3. The minimum absolute atomic E-state index is 0.0598. The molecule has 8 atom stereocenters. The lowest BCUT2D eigenvalue weighted by Crippen LogP contribution is -2.59. The maximum absolute atomic E-state index is 13.9. The second kappa shape index (κ2) is 14.3. The van der Waals surface area contributed by atoms with Gasteiger partial charge in [-0.25, -0.2) is 0 Å². The number of hydrogen-bond acceptors (Lipinski definition) is 13. The number of carbonyl (C=O) groups is 5. The van der Waals surface area contributed by atoms with Gasteiger partial charge in [0, 0.05) is 36.0 Å². The number of aliphatic hydroxyl groups excluding tert-OH is 1. The van der Waals surface area contributed by atoms with Crippen molar-refractivity contribution in [2.24, 2.45) is 11.7 Å². The molecular weight excluding hydrogens is 666 g/mol. The number of aromatic hydroxyl groups is 2. The first kappa shape index (κ1) is 37.8. The normalized spacial score (nSPS) is 26.7. The summed E-state index contributed by atoms with van der Waals surface area (Å²) in [6.45, 7) is 7.97. The van der Waals surface area contributed by atoms with Crippen LogP contribution in [0.3, 0.4) is 0 Å². The van der Waals surface area contributed by atoms with Crippen LogP contribution in [-0.2, 0) is 30.3 Å². The lowest BCUT2D eigenvalue weighted by Gasteiger charge is -2.43. The van der Waals surface area contributed by atoms with Gasteiger partial charge < -0.3 is 51.0 Å². The van der Waals surface area contributed by atoms with Gasteiger partial charge >= 0.3 is 0 Å². The molecule has 1 fully saturated rings. The number of ketones is 3. The first-order chi connectivity index (χ1) is 23.9. The fourth-order valence-electron chi connectivity index (χ4n) is 7.08. The van der Waals surface area contributed by atoms with Crippen molar-refractivity contribution < 1.29 is 58.6 Å².